The second-order valence-electron chi connectivity index (χ2n) is 9.23. The summed E-state index contributed by atoms with van der Waals surface area (Å²) in [5.74, 6) is -0.239. The molecule has 0 bridgehead atoms. The van der Waals surface area contributed by atoms with Gasteiger partial charge in [-0.05, 0) is 66.3 Å². The van der Waals surface area contributed by atoms with Crippen LogP contribution in [0.25, 0.3) is 0 Å². The van der Waals surface area contributed by atoms with E-state index in [4.69, 9.17) is 23.8 Å². The molecule has 0 radical (unpaired) electrons. The number of carbonyl (C=O) groups excluding carboxylic acids is 1. The number of halogens is 1. The van der Waals surface area contributed by atoms with Crippen molar-refractivity contribution in [3.63, 3.8) is 0 Å². The molecular weight excluding hydrogens is 504 g/mol. The topological polar surface area (TPSA) is 75.1 Å². The zero-order valence-corrected chi connectivity index (χ0v) is 22.1. The van der Waals surface area contributed by atoms with Crippen molar-refractivity contribution in [3.8, 4) is 0 Å². The van der Waals surface area contributed by atoms with Crippen LogP contribution in [-0.4, -0.2) is 25.6 Å². The number of rotatable bonds is 7. The van der Waals surface area contributed by atoms with Gasteiger partial charge < -0.3 is 20.1 Å². The lowest BCUT2D eigenvalue weighted by molar-refractivity contribution is -0.118. The van der Waals surface area contributed by atoms with Crippen LogP contribution in [0, 0.1) is 5.92 Å². The summed E-state index contributed by atoms with van der Waals surface area (Å²) in [6.07, 6.45) is 7.50. The minimum atomic E-state index is -0.193. The van der Waals surface area contributed by atoms with E-state index in [9.17, 15) is 4.79 Å². The van der Waals surface area contributed by atoms with Crippen LogP contribution >= 0.6 is 23.8 Å². The molecule has 2 N–H and O–H groups in total. The van der Waals surface area contributed by atoms with Crippen molar-refractivity contribution >= 4 is 46.2 Å². The summed E-state index contributed by atoms with van der Waals surface area (Å²) in [5.41, 5.74) is 4.45. The van der Waals surface area contributed by atoms with E-state index in [1.54, 1.807) is 12.4 Å². The van der Waals surface area contributed by atoms with Gasteiger partial charge in [-0.1, -0.05) is 37.6 Å². The van der Waals surface area contributed by atoms with Gasteiger partial charge in [-0.3, -0.25) is 14.8 Å². The molecule has 7 nitrogen and oxygen atoms in total. The van der Waals surface area contributed by atoms with Crippen LogP contribution in [0.4, 0.5) is 11.4 Å². The van der Waals surface area contributed by atoms with Gasteiger partial charge in [0.1, 0.15) is 6.04 Å². The van der Waals surface area contributed by atoms with Crippen molar-refractivity contribution in [2.75, 3.05) is 10.2 Å². The Morgan fingerprint density at radius 2 is 2.00 bits per heavy atom. The molecule has 9 heteroatoms. The van der Waals surface area contributed by atoms with Crippen LogP contribution in [0.2, 0.25) is 5.02 Å². The molecule has 1 saturated heterocycles. The Hall–Kier alpha value is -3.75. The first-order chi connectivity index (χ1) is 17.9. The Morgan fingerprint density at radius 3 is 2.70 bits per heavy atom. The van der Waals surface area contributed by atoms with Crippen molar-refractivity contribution in [1.82, 2.24) is 19.9 Å². The fourth-order valence-electron chi connectivity index (χ4n) is 4.49. The van der Waals surface area contributed by atoms with E-state index >= 15 is 0 Å². The molecule has 4 heterocycles. The SMILES string of the molecule is CC(C)C(=O)Nc1ccc(N2C(=S)NC(c3ccccn3)C2c2cccn2Cc2cccnc2)cc1Cl. The number of anilines is 2. The molecule has 5 rings (SSSR count). The summed E-state index contributed by atoms with van der Waals surface area (Å²) in [4.78, 5) is 23.2. The molecule has 4 aromatic rings. The molecule has 2 atom stereocenters. The maximum Gasteiger partial charge on any atom is 0.226 e. The number of hydrogen-bond acceptors (Lipinski definition) is 4. The number of nitrogens with zero attached hydrogens (tertiary/aromatic N) is 4. The van der Waals surface area contributed by atoms with Gasteiger partial charge in [0.05, 0.1) is 22.4 Å². The first-order valence-corrected chi connectivity index (χ1v) is 12.9. The second-order valence-corrected chi connectivity index (χ2v) is 10.0. The third-order valence-corrected chi connectivity index (χ3v) is 6.98. The van der Waals surface area contributed by atoms with E-state index in [-0.39, 0.29) is 23.9 Å². The third-order valence-electron chi connectivity index (χ3n) is 6.35. The zero-order chi connectivity index (χ0) is 25.9. The number of aromatic nitrogens is 3. The maximum absolute atomic E-state index is 12.2. The molecule has 1 fully saturated rings. The van der Waals surface area contributed by atoms with Crippen LogP contribution in [0.1, 0.15) is 42.9 Å². The summed E-state index contributed by atoms with van der Waals surface area (Å²) in [5, 5.41) is 7.39. The van der Waals surface area contributed by atoms with Crippen LogP contribution in [0.15, 0.2) is 85.5 Å². The number of benzene rings is 1. The van der Waals surface area contributed by atoms with Crippen LogP contribution in [0.3, 0.4) is 0 Å². The van der Waals surface area contributed by atoms with E-state index in [0.29, 0.717) is 22.4 Å². The summed E-state index contributed by atoms with van der Waals surface area (Å²) in [6, 6.07) is 19.2. The van der Waals surface area contributed by atoms with Crippen molar-refractivity contribution in [1.29, 1.82) is 0 Å². The molecular formula is C28H27ClN6OS. The van der Waals surface area contributed by atoms with Gasteiger partial charge >= 0.3 is 0 Å². The molecule has 2 unspecified atom stereocenters. The van der Waals surface area contributed by atoms with Crippen LogP contribution in [-0.2, 0) is 11.3 Å². The van der Waals surface area contributed by atoms with E-state index in [1.165, 1.54) is 0 Å². The van der Waals surface area contributed by atoms with Gasteiger partial charge in [0.15, 0.2) is 5.11 Å². The van der Waals surface area contributed by atoms with E-state index < -0.39 is 0 Å². The summed E-state index contributed by atoms with van der Waals surface area (Å²) in [7, 11) is 0. The first kappa shape index (κ1) is 24.9. The average Bonchev–Trinajstić information content (AvgIpc) is 3.49. The van der Waals surface area contributed by atoms with Crippen molar-refractivity contribution < 1.29 is 4.79 Å². The number of pyridine rings is 2. The Kier molecular flexibility index (Phi) is 7.21. The highest BCUT2D eigenvalue weighted by Crippen LogP contribution is 2.43. The number of nitrogens with one attached hydrogen (secondary N) is 2. The monoisotopic (exact) mass is 530 g/mol. The lowest BCUT2D eigenvalue weighted by Gasteiger charge is -2.29. The Bertz CT molecular complexity index is 1410. The number of carbonyl (C=O) groups is 1. The second kappa shape index (κ2) is 10.7. The highest BCUT2D eigenvalue weighted by molar-refractivity contribution is 7.80. The normalized spacial score (nSPS) is 17.2. The van der Waals surface area contributed by atoms with Crippen molar-refractivity contribution in [3.05, 3.63) is 107 Å². The lowest BCUT2D eigenvalue weighted by atomic mass is 10.0. The molecule has 1 aromatic carbocycles. The largest absolute Gasteiger partial charge is 0.351 e. The van der Waals surface area contributed by atoms with Crippen LogP contribution in [0.5, 0.6) is 0 Å². The number of thiocarbonyl (C=S) groups is 1. The predicted octanol–water partition coefficient (Wildman–Crippen LogP) is 5.75. The van der Waals surface area contributed by atoms with Gasteiger partial charge in [0.2, 0.25) is 5.91 Å². The van der Waals surface area contributed by atoms with E-state index in [2.05, 4.69) is 48.4 Å². The van der Waals surface area contributed by atoms with Crippen molar-refractivity contribution in [2.45, 2.75) is 32.5 Å². The predicted molar refractivity (Wildman–Crippen MR) is 151 cm³/mol. The third kappa shape index (κ3) is 5.21. The van der Waals surface area contributed by atoms with Gasteiger partial charge in [0, 0.05) is 48.6 Å². The summed E-state index contributed by atoms with van der Waals surface area (Å²) in [6.45, 7) is 4.35. The molecule has 1 aliphatic rings. The number of amides is 1. The molecule has 0 saturated carbocycles. The molecule has 1 amide bonds. The maximum atomic E-state index is 12.2. The van der Waals surface area contributed by atoms with Gasteiger partial charge in [0.25, 0.3) is 0 Å². The Morgan fingerprint density at radius 1 is 1.14 bits per heavy atom. The lowest BCUT2D eigenvalue weighted by Crippen LogP contribution is -2.30. The van der Waals surface area contributed by atoms with Crippen LogP contribution < -0.4 is 15.5 Å². The zero-order valence-electron chi connectivity index (χ0n) is 20.5. The van der Waals surface area contributed by atoms with Gasteiger partial charge in [-0.25, -0.2) is 0 Å². The van der Waals surface area contributed by atoms with Gasteiger partial charge in [-0.2, -0.15) is 0 Å². The number of hydrogen-bond donors (Lipinski definition) is 2. The molecule has 3 aromatic heterocycles. The average molecular weight is 531 g/mol. The molecule has 37 heavy (non-hydrogen) atoms. The molecule has 188 valence electrons. The Balaban J connectivity index is 1.55. The fraction of sp³-hybridized carbons (Fsp3) is 0.214. The highest BCUT2D eigenvalue weighted by Gasteiger charge is 2.42. The Labute approximate surface area is 226 Å². The fourth-order valence-corrected chi connectivity index (χ4v) is 5.06. The molecule has 0 aliphatic carbocycles. The quantitative estimate of drug-likeness (QED) is 0.296. The highest BCUT2D eigenvalue weighted by atomic mass is 35.5. The van der Waals surface area contributed by atoms with E-state index in [0.717, 1.165) is 22.6 Å². The summed E-state index contributed by atoms with van der Waals surface area (Å²) >= 11 is 12.5. The summed E-state index contributed by atoms with van der Waals surface area (Å²) < 4.78 is 2.21. The minimum absolute atomic E-state index is 0.0886. The smallest absolute Gasteiger partial charge is 0.226 e. The van der Waals surface area contributed by atoms with E-state index in [1.807, 2.05) is 68.6 Å². The standard InChI is InChI=1S/C28H27ClN6OS/c1-18(2)27(36)32-22-11-10-20(15-21(22)29)35-26(25(33-28(35)37)23-8-3-4-13-31-23)24-9-6-14-34(24)17-19-7-5-12-30-16-19/h3-16,18,25-26H,17H2,1-2H3,(H,32,36)(H,33,37). The first-order valence-electron chi connectivity index (χ1n) is 12.1. The molecule has 0 spiro atoms. The minimum Gasteiger partial charge on any atom is -0.351 e. The van der Waals surface area contributed by atoms with Crippen molar-refractivity contribution in [2.24, 2.45) is 5.92 Å². The van der Waals surface area contributed by atoms with Gasteiger partial charge in [-0.15, -0.1) is 0 Å². The molecule has 1 aliphatic heterocycles.